The Balaban J connectivity index is 2.12. The summed E-state index contributed by atoms with van der Waals surface area (Å²) in [5, 5.41) is 2.87. The highest BCUT2D eigenvalue weighted by Gasteiger charge is 2.30. The van der Waals surface area contributed by atoms with Crippen LogP contribution in [0.15, 0.2) is 0 Å². The molecular formula is C13H23NO4. The molecule has 1 amide bonds. The summed E-state index contributed by atoms with van der Waals surface area (Å²) >= 11 is 0. The number of rotatable bonds is 5. The van der Waals surface area contributed by atoms with Gasteiger partial charge in [0.25, 0.3) is 0 Å². The van der Waals surface area contributed by atoms with Gasteiger partial charge in [-0.2, -0.15) is 0 Å². The summed E-state index contributed by atoms with van der Waals surface area (Å²) in [7, 11) is 1.67. The molecule has 18 heavy (non-hydrogen) atoms. The topological polar surface area (TPSA) is 64.6 Å². The van der Waals surface area contributed by atoms with Gasteiger partial charge in [-0.05, 0) is 33.6 Å². The van der Waals surface area contributed by atoms with Crippen molar-refractivity contribution in [2.75, 3.05) is 7.11 Å². The van der Waals surface area contributed by atoms with Crippen molar-refractivity contribution in [1.29, 1.82) is 0 Å². The van der Waals surface area contributed by atoms with Gasteiger partial charge in [0, 0.05) is 19.6 Å². The zero-order valence-electron chi connectivity index (χ0n) is 11.6. The number of hydrogen-bond acceptors (Lipinski definition) is 4. The third-order valence-corrected chi connectivity index (χ3v) is 2.77. The van der Waals surface area contributed by atoms with E-state index in [1.807, 2.05) is 20.8 Å². The highest BCUT2D eigenvalue weighted by atomic mass is 16.6. The van der Waals surface area contributed by atoms with Crippen molar-refractivity contribution in [2.45, 2.75) is 64.2 Å². The van der Waals surface area contributed by atoms with Gasteiger partial charge in [-0.15, -0.1) is 0 Å². The van der Waals surface area contributed by atoms with Crippen LogP contribution in [0.2, 0.25) is 0 Å². The normalized spacial score (nSPS) is 23.1. The molecule has 1 aliphatic carbocycles. The maximum atomic E-state index is 11.6. The zero-order valence-corrected chi connectivity index (χ0v) is 11.6. The second kappa shape index (κ2) is 6.18. The van der Waals surface area contributed by atoms with Crippen LogP contribution < -0.4 is 5.32 Å². The minimum absolute atomic E-state index is 0.0968. The molecule has 1 rings (SSSR count). The van der Waals surface area contributed by atoms with Gasteiger partial charge >= 0.3 is 5.97 Å². The largest absolute Gasteiger partial charge is 0.460 e. The van der Waals surface area contributed by atoms with Crippen molar-refractivity contribution >= 4 is 11.9 Å². The summed E-state index contributed by atoms with van der Waals surface area (Å²) in [5.74, 6) is -0.429. The van der Waals surface area contributed by atoms with Crippen molar-refractivity contribution in [3.8, 4) is 0 Å². The van der Waals surface area contributed by atoms with E-state index in [-0.39, 0.29) is 36.9 Å². The van der Waals surface area contributed by atoms with Crippen LogP contribution in [0, 0.1) is 0 Å². The molecular weight excluding hydrogens is 234 g/mol. The Morgan fingerprint density at radius 1 is 1.22 bits per heavy atom. The van der Waals surface area contributed by atoms with Crippen molar-refractivity contribution in [3.05, 3.63) is 0 Å². The van der Waals surface area contributed by atoms with Crippen LogP contribution in [0.4, 0.5) is 0 Å². The van der Waals surface area contributed by atoms with E-state index >= 15 is 0 Å². The first-order chi connectivity index (χ1) is 8.30. The van der Waals surface area contributed by atoms with Crippen molar-refractivity contribution in [3.63, 3.8) is 0 Å². The maximum Gasteiger partial charge on any atom is 0.306 e. The van der Waals surface area contributed by atoms with E-state index in [0.29, 0.717) is 0 Å². The number of nitrogens with one attached hydrogen (secondary N) is 1. The van der Waals surface area contributed by atoms with E-state index in [4.69, 9.17) is 9.47 Å². The Kier molecular flexibility index (Phi) is 5.14. The number of methoxy groups -OCH3 is 1. The molecule has 1 aliphatic rings. The zero-order chi connectivity index (χ0) is 13.8. The average Bonchev–Trinajstić information content (AvgIpc) is 2.17. The Morgan fingerprint density at radius 3 is 2.33 bits per heavy atom. The Labute approximate surface area is 108 Å². The number of hydrogen-bond donors (Lipinski definition) is 1. The summed E-state index contributed by atoms with van der Waals surface area (Å²) in [6.07, 6.45) is 2.29. The summed E-state index contributed by atoms with van der Waals surface area (Å²) in [6, 6.07) is 0.195. The van der Waals surface area contributed by atoms with Crippen LogP contribution in [0.5, 0.6) is 0 Å². The van der Waals surface area contributed by atoms with Gasteiger partial charge in [0.15, 0.2) is 0 Å². The number of carbonyl (C=O) groups is 2. The fourth-order valence-electron chi connectivity index (χ4n) is 1.78. The summed E-state index contributed by atoms with van der Waals surface area (Å²) < 4.78 is 10.3. The van der Waals surface area contributed by atoms with E-state index < -0.39 is 5.60 Å². The molecule has 1 saturated carbocycles. The summed E-state index contributed by atoms with van der Waals surface area (Å²) in [6.45, 7) is 5.43. The Hall–Kier alpha value is -1.10. The molecule has 0 aromatic rings. The van der Waals surface area contributed by atoms with Crippen LogP contribution in [0.1, 0.15) is 46.5 Å². The van der Waals surface area contributed by atoms with E-state index in [2.05, 4.69) is 5.32 Å². The molecule has 0 bridgehead atoms. The highest BCUT2D eigenvalue weighted by molar-refractivity contribution is 5.81. The summed E-state index contributed by atoms with van der Waals surface area (Å²) in [5.41, 5.74) is -0.493. The standard InChI is InChI=1S/C13H23NO4/c1-13(2,3)18-12(16)6-5-11(15)14-9-7-10(8-9)17-4/h9-10H,5-8H2,1-4H3,(H,14,15). The number of amides is 1. The SMILES string of the molecule is COC1CC(NC(=O)CCC(=O)OC(C)(C)C)C1. The number of ether oxygens (including phenoxy) is 2. The third kappa shape index (κ3) is 5.49. The molecule has 0 radical (unpaired) electrons. The summed E-state index contributed by atoms with van der Waals surface area (Å²) in [4.78, 5) is 23.0. The lowest BCUT2D eigenvalue weighted by Gasteiger charge is -2.34. The minimum atomic E-state index is -0.493. The molecule has 1 fully saturated rings. The third-order valence-electron chi connectivity index (χ3n) is 2.77. The lowest BCUT2D eigenvalue weighted by Crippen LogP contribution is -2.47. The van der Waals surface area contributed by atoms with Gasteiger partial charge in [-0.25, -0.2) is 0 Å². The fraction of sp³-hybridized carbons (Fsp3) is 0.846. The molecule has 5 heteroatoms. The predicted molar refractivity (Wildman–Crippen MR) is 67.0 cm³/mol. The minimum Gasteiger partial charge on any atom is -0.460 e. The van der Waals surface area contributed by atoms with E-state index in [9.17, 15) is 9.59 Å². The van der Waals surface area contributed by atoms with Crippen LogP contribution in [-0.4, -0.2) is 36.7 Å². The van der Waals surface area contributed by atoms with Gasteiger partial charge in [-0.3, -0.25) is 9.59 Å². The van der Waals surface area contributed by atoms with E-state index in [1.54, 1.807) is 7.11 Å². The number of esters is 1. The molecule has 0 saturated heterocycles. The van der Waals surface area contributed by atoms with Gasteiger partial charge < -0.3 is 14.8 Å². The van der Waals surface area contributed by atoms with Crippen LogP contribution in [-0.2, 0) is 19.1 Å². The quantitative estimate of drug-likeness (QED) is 0.756. The van der Waals surface area contributed by atoms with Gasteiger partial charge in [-0.1, -0.05) is 0 Å². The van der Waals surface area contributed by atoms with Crippen LogP contribution in [0.25, 0.3) is 0 Å². The van der Waals surface area contributed by atoms with Crippen molar-refractivity contribution in [1.82, 2.24) is 5.32 Å². The van der Waals surface area contributed by atoms with Crippen LogP contribution in [0.3, 0.4) is 0 Å². The average molecular weight is 257 g/mol. The van der Waals surface area contributed by atoms with Crippen LogP contribution >= 0.6 is 0 Å². The molecule has 0 aliphatic heterocycles. The molecule has 0 unspecified atom stereocenters. The van der Waals surface area contributed by atoms with E-state index in [1.165, 1.54) is 0 Å². The van der Waals surface area contributed by atoms with Gasteiger partial charge in [0.2, 0.25) is 5.91 Å². The second-order valence-electron chi connectivity index (χ2n) is 5.68. The molecule has 0 heterocycles. The molecule has 5 nitrogen and oxygen atoms in total. The molecule has 104 valence electrons. The lowest BCUT2D eigenvalue weighted by molar-refractivity contribution is -0.155. The maximum absolute atomic E-state index is 11.6. The van der Waals surface area contributed by atoms with Gasteiger partial charge in [0.1, 0.15) is 5.60 Å². The Bertz CT molecular complexity index is 303. The first-order valence-corrected chi connectivity index (χ1v) is 6.34. The molecule has 0 spiro atoms. The van der Waals surface area contributed by atoms with E-state index in [0.717, 1.165) is 12.8 Å². The molecule has 0 aromatic carbocycles. The molecule has 1 N–H and O–H groups in total. The smallest absolute Gasteiger partial charge is 0.306 e. The first kappa shape index (κ1) is 15.0. The first-order valence-electron chi connectivity index (χ1n) is 6.34. The van der Waals surface area contributed by atoms with Crippen molar-refractivity contribution in [2.24, 2.45) is 0 Å². The monoisotopic (exact) mass is 257 g/mol. The Morgan fingerprint density at radius 2 is 1.83 bits per heavy atom. The van der Waals surface area contributed by atoms with Crippen molar-refractivity contribution < 1.29 is 19.1 Å². The molecule has 0 aromatic heterocycles. The highest BCUT2D eigenvalue weighted by Crippen LogP contribution is 2.22. The predicted octanol–water partition coefficient (Wildman–Crippen LogP) is 1.40. The van der Waals surface area contributed by atoms with Gasteiger partial charge in [0.05, 0.1) is 12.5 Å². The lowest BCUT2D eigenvalue weighted by atomic mass is 9.89. The molecule has 0 atom stereocenters. The number of carbonyl (C=O) groups excluding carboxylic acids is 2. The fourth-order valence-corrected chi connectivity index (χ4v) is 1.78. The second-order valence-corrected chi connectivity index (χ2v) is 5.68.